The minimum atomic E-state index is 0.0159. The van der Waals surface area contributed by atoms with E-state index in [9.17, 15) is 4.79 Å². The van der Waals surface area contributed by atoms with Crippen LogP contribution in [0, 0.1) is 0 Å². The van der Waals surface area contributed by atoms with Crippen LogP contribution in [0.1, 0.15) is 36.2 Å². The smallest absolute Gasteiger partial charge is 0.253 e. The van der Waals surface area contributed by atoms with Gasteiger partial charge in [-0.05, 0) is 31.0 Å². The average Bonchev–Trinajstić information content (AvgIpc) is 2.53. The predicted molar refractivity (Wildman–Crippen MR) is 79.6 cm³/mol. The molecule has 1 amide bonds. The summed E-state index contributed by atoms with van der Waals surface area (Å²) < 4.78 is 0. The molecule has 1 aliphatic heterocycles. The van der Waals surface area contributed by atoms with Crippen LogP contribution in [0.4, 0.5) is 0 Å². The Morgan fingerprint density at radius 1 is 1.20 bits per heavy atom. The summed E-state index contributed by atoms with van der Waals surface area (Å²) in [7, 11) is 0. The van der Waals surface area contributed by atoms with E-state index < -0.39 is 0 Å². The highest BCUT2D eigenvalue weighted by Crippen LogP contribution is 2.13. The first-order chi connectivity index (χ1) is 9.65. The third kappa shape index (κ3) is 3.38. The van der Waals surface area contributed by atoms with Crippen molar-refractivity contribution in [2.24, 2.45) is 0 Å². The number of hydrogen-bond donors (Lipinski definition) is 1. The molecule has 0 aromatic heterocycles. The first-order valence-corrected chi connectivity index (χ1v) is 7.38. The van der Waals surface area contributed by atoms with Gasteiger partial charge in [-0.3, -0.25) is 9.69 Å². The zero-order valence-electron chi connectivity index (χ0n) is 12.4. The Labute approximate surface area is 121 Å². The first kappa shape index (κ1) is 15.0. The van der Waals surface area contributed by atoms with Gasteiger partial charge in [0.25, 0.3) is 5.91 Å². The summed E-state index contributed by atoms with van der Waals surface area (Å²) in [4.78, 5) is 16.8. The average molecular weight is 276 g/mol. The molecular formula is C16H24N2O2. The molecule has 0 radical (unpaired) electrons. The minimum Gasteiger partial charge on any atom is -0.392 e. The topological polar surface area (TPSA) is 43.8 Å². The number of hydrogen-bond acceptors (Lipinski definition) is 3. The number of carbonyl (C=O) groups is 1. The fourth-order valence-corrected chi connectivity index (χ4v) is 2.56. The highest BCUT2D eigenvalue weighted by atomic mass is 16.3. The lowest BCUT2D eigenvalue weighted by Crippen LogP contribution is -2.51. The van der Waals surface area contributed by atoms with Crippen molar-refractivity contribution in [2.45, 2.75) is 32.9 Å². The lowest BCUT2D eigenvalue weighted by molar-refractivity contribution is 0.0579. The van der Waals surface area contributed by atoms with Gasteiger partial charge in [-0.1, -0.05) is 19.1 Å². The van der Waals surface area contributed by atoms with E-state index >= 15 is 0 Å². The highest BCUT2D eigenvalue weighted by Gasteiger charge is 2.23. The van der Waals surface area contributed by atoms with Crippen LogP contribution in [-0.2, 0) is 6.61 Å². The highest BCUT2D eigenvalue weighted by molar-refractivity contribution is 5.94. The fourth-order valence-electron chi connectivity index (χ4n) is 2.56. The standard InChI is InChI=1S/C16H24N2O2/c1-3-13(2)17-8-10-18(11-9-17)16(20)15-6-4-14(12-19)5-7-15/h4-7,13,19H,3,8-12H2,1-2H3. The number of piperazine rings is 1. The second kappa shape index (κ2) is 6.86. The van der Waals surface area contributed by atoms with Crippen LogP contribution in [-0.4, -0.2) is 53.0 Å². The van der Waals surface area contributed by atoms with Crippen molar-refractivity contribution in [3.05, 3.63) is 35.4 Å². The van der Waals surface area contributed by atoms with Gasteiger partial charge in [0.1, 0.15) is 0 Å². The third-order valence-electron chi connectivity index (χ3n) is 4.20. The molecule has 1 N–H and O–H groups in total. The Morgan fingerprint density at radius 3 is 2.30 bits per heavy atom. The lowest BCUT2D eigenvalue weighted by Gasteiger charge is -2.37. The van der Waals surface area contributed by atoms with Gasteiger partial charge >= 0.3 is 0 Å². The van der Waals surface area contributed by atoms with Gasteiger partial charge in [0.15, 0.2) is 0 Å². The molecule has 0 spiro atoms. The fraction of sp³-hybridized carbons (Fsp3) is 0.562. The number of carbonyl (C=O) groups excluding carboxylic acids is 1. The van der Waals surface area contributed by atoms with Crippen LogP contribution in [0.25, 0.3) is 0 Å². The number of rotatable bonds is 4. The van der Waals surface area contributed by atoms with E-state index in [1.165, 1.54) is 0 Å². The lowest BCUT2D eigenvalue weighted by atomic mass is 10.1. The molecule has 1 aliphatic rings. The Bertz CT molecular complexity index is 436. The summed E-state index contributed by atoms with van der Waals surface area (Å²) in [6, 6.07) is 7.81. The van der Waals surface area contributed by atoms with Crippen LogP contribution in [0.5, 0.6) is 0 Å². The van der Waals surface area contributed by atoms with Crippen molar-refractivity contribution >= 4 is 5.91 Å². The Balaban J connectivity index is 1.94. The van der Waals surface area contributed by atoms with Crippen LogP contribution < -0.4 is 0 Å². The maximum absolute atomic E-state index is 12.4. The van der Waals surface area contributed by atoms with Crippen molar-refractivity contribution in [3.63, 3.8) is 0 Å². The number of benzene rings is 1. The van der Waals surface area contributed by atoms with Crippen molar-refractivity contribution < 1.29 is 9.90 Å². The van der Waals surface area contributed by atoms with Crippen LogP contribution >= 0.6 is 0 Å². The molecule has 1 fully saturated rings. The van der Waals surface area contributed by atoms with E-state index in [0.29, 0.717) is 11.6 Å². The molecule has 0 saturated carbocycles. The van der Waals surface area contributed by atoms with Gasteiger partial charge in [-0.2, -0.15) is 0 Å². The molecule has 4 heteroatoms. The molecule has 0 aliphatic carbocycles. The van der Waals surface area contributed by atoms with Crippen molar-refractivity contribution in [2.75, 3.05) is 26.2 Å². The number of aliphatic hydroxyl groups excluding tert-OH is 1. The quantitative estimate of drug-likeness (QED) is 0.911. The SMILES string of the molecule is CCC(C)N1CCN(C(=O)c2ccc(CO)cc2)CC1. The molecule has 0 bridgehead atoms. The molecule has 1 atom stereocenters. The van der Waals surface area contributed by atoms with Crippen LogP contribution in [0.2, 0.25) is 0 Å². The number of nitrogens with zero attached hydrogens (tertiary/aromatic N) is 2. The summed E-state index contributed by atoms with van der Waals surface area (Å²) >= 11 is 0. The van der Waals surface area contributed by atoms with Crippen LogP contribution in [0.15, 0.2) is 24.3 Å². The largest absolute Gasteiger partial charge is 0.392 e. The molecule has 4 nitrogen and oxygen atoms in total. The van der Waals surface area contributed by atoms with Gasteiger partial charge < -0.3 is 10.0 Å². The molecule has 110 valence electrons. The summed E-state index contributed by atoms with van der Waals surface area (Å²) in [5.74, 6) is 0.0956. The second-order valence-corrected chi connectivity index (χ2v) is 5.44. The summed E-state index contributed by atoms with van der Waals surface area (Å²) in [5.41, 5.74) is 1.54. The molecule has 20 heavy (non-hydrogen) atoms. The molecule has 1 aromatic rings. The minimum absolute atomic E-state index is 0.0159. The first-order valence-electron chi connectivity index (χ1n) is 7.38. The maximum atomic E-state index is 12.4. The van der Waals surface area contributed by atoms with Gasteiger partial charge in [0.05, 0.1) is 6.61 Å². The van der Waals surface area contributed by atoms with Gasteiger partial charge in [-0.25, -0.2) is 0 Å². The summed E-state index contributed by atoms with van der Waals surface area (Å²) in [6.45, 7) is 7.96. The van der Waals surface area contributed by atoms with Crippen LogP contribution in [0.3, 0.4) is 0 Å². The molecule has 1 saturated heterocycles. The number of aliphatic hydroxyl groups is 1. The predicted octanol–water partition coefficient (Wildman–Crippen LogP) is 1.74. The summed E-state index contributed by atoms with van der Waals surface area (Å²) in [5, 5.41) is 9.02. The Morgan fingerprint density at radius 2 is 1.80 bits per heavy atom. The van der Waals surface area contributed by atoms with Gasteiger partial charge in [-0.15, -0.1) is 0 Å². The van der Waals surface area contributed by atoms with E-state index in [-0.39, 0.29) is 12.5 Å². The Hall–Kier alpha value is -1.39. The van der Waals surface area contributed by atoms with E-state index in [1.54, 1.807) is 12.1 Å². The maximum Gasteiger partial charge on any atom is 0.253 e. The molecular weight excluding hydrogens is 252 g/mol. The van der Waals surface area contributed by atoms with E-state index in [4.69, 9.17) is 5.11 Å². The third-order valence-corrected chi connectivity index (χ3v) is 4.20. The normalized spacial score (nSPS) is 18.1. The molecule has 1 heterocycles. The molecule has 1 unspecified atom stereocenters. The molecule has 1 aromatic carbocycles. The van der Waals surface area contributed by atoms with Crippen molar-refractivity contribution in [3.8, 4) is 0 Å². The summed E-state index contributed by atoms with van der Waals surface area (Å²) in [6.07, 6.45) is 1.15. The zero-order chi connectivity index (χ0) is 14.5. The van der Waals surface area contributed by atoms with E-state index in [2.05, 4.69) is 18.7 Å². The Kier molecular flexibility index (Phi) is 5.15. The van der Waals surface area contributed by atoms with E-state index in [1.807, 2.05) is 17.0 Å². The monoisotopic (exact) mass is 276 g/mol. The van der Waals surface area contributed by atoms with Crippen molar-refractivity contribution in [1.29, 1.82) is 0 Å². The van der Waals surface area contributed by atoms with Gasteiger partial charge in [0.2, 0.25) is 0 Å². The zero-order valence-corrected chi connectivity index (χ0v) is 12.4. The van der Waals surface area contributed by atoms with Gasteiger partial charge in [0, 0.05) is 37.8 Å². The second-order valence-electron chi connectivity index (χ2n) is 5.44. The number of amides is 1. The molecule has 2 rings (SSSR count). The van der Waals surface area contributed by atoms with Crippen molar-refractivity contribution in [1.82, 2.24) is 9.80 Å². The van der Waals surface area contributed by atoms with E-state index in [0.717, 1.165) is 38.2 Å².